The highest BCUT2D eigenvalue weighted by atomic mass is 16.5. The summed E-state index contributed by atoms with van der Waals surface area (Å²) in [6, 6.07) is 5.90. The van der Waals surface area contributed by atoms with Crippen LogP contribution in [0.25, 0.3) is 0 Å². The van der Waals surface area contributed by atoms with E-state index in [1.165, 1.54) is 0 Å². The first kappa shape index (κ1) is 12.6. The molecule has 1 aromatic rings. The molecule has 88 valence electrons. The van der Waals surface area contributed by atoms with E-state index in [4.69, 9.17) is 9.84 Å². The van der Waals surface area contributed by atoms with Crippen molar-refractivity contribution in [1.82, 2.24) is 0 Å². The van der Waals surface area contributed by atoms with Crippen molar-refractivity contribution in [3.63, 3.8) is 0 Å². The minimum absolute atomic E-state index is 0.137. The fraction of sp³-hybridized carbons (Fsp3) is 0.462. The average molecular weight is 222 g/mol. The van der Waals surface area contributed by atoms with Gasteiger partial charge in [-0.25, -0.2) is 0 Å². The maximum atomic E-state index is 10.6. The van der Waals surface area contributed by atoms with Crippen molar-refractivity contribution in [1.29, 1.82) is 0 Å². The summed E-state index contributed by atoms with van der Waals surface area (Å²) in [5, 5.41) is 8.68. The topological polar surface area (TPSA) is 46.5 Å². The number of benzene rings is 1. The Labute approximate surface area is 96.1 Å². The molecule has 1 rings (SSSR count). The number of carboxylic acid groups (broad SMARTS) is 1. The molecule has 0 aliphatic heterocycles. The molecule has 0 aromatic heterocycles. The van der Waals surface area contributed by atoms with Gasteiger partial charge in [0.15, 0.2) is 0 Å². The lowest BCUT2D eigenvalue weighted by Crippen LogP contribution is -2.02. The van der Waals surface area contributed by atoms with Crippen LogP contribution in [0.3, 0.4) is 0 Å². The number of aryl methyl sites for hydroxylation is 1. The molecule has 1 aromatic carbocycles. The molecule has 0 spiro atoms. The molecule has 1 N–H and O–H groups in total. The minimum Gasteiger partial charge on any atom is -0.496 e. The van der Waals surface area contributed by atoms with Crippen LogP contribution in [0.15, 0.2) is 18.2 Å². The molecule has 0 radical (unpaired) electrons. The zero-order chi connectivity index (χ0) is 12.1. The Hall–Kier alpha value is -1.51. The Bertz CT molecular complexity index is 369. The van der Waals surface area contributed by atoms with Crippen LogP contribution in [0.4, 0.5) is 0 Å². The van der Waals surface area contributed by atoms with Crippen molar-refractivity contribution in [2.24, 2.45) is 0 Å². The molecule has 0 atom stereocenters. The molecule has 3 nitrogen and oxygen atoms in total. The minimum atomic E-state index is -0.781. The summed E-state index contributed by atoms with van der Waals surface area (Å²) in [6.45, 7) is 4.19. The van der Waals surface area contributed by atoms with E-state index in [9.17, 15) is 4.79 Å². The van der Waals surface area contributed by atoms with Gasteiger partial charge in [-0.15, -0.1) is 0 Å². The molecule has 0 saturated carbocycles. The SMILES string of the molecule is COc1c(CCC(=O)O)cccc1C(C)C. The Morgan fingerprint density at radius 2 is 2.12 bits per heavy atom. The lowest BCUT2D eigenvalue weighted by atomic mass is 9.97. The summed E-state index contributed by atoms with van der Waals surface area (Å²) >= 11 is 0. The molecule has 0 bridgehead atoms. The highest BCUT2D eigenvalue weighted by molar-refractivity contribution is 5.67. The molecule has 0 aliphatic rings. The van der Waals surface area contributed by atoms with Gasteiger partial charge in [-0.1, -0.05) is 32.0 Å². The normalized spacial score (nSPS) is 10.5. The molecule has 0 aliphatic carbocycles. The number of rotatable bonds is 5. The zero-order valence-electron chi connectivity index (χ0n) is 9.99. The molecule has 0 unspecified atom stereocenters. The molecule has 16 heavy (non-hydrogen) atoms. The summed E-state index contributed by atoms with van der Waals surface area (Å²) in [7, 11) is 1.63. The Balaban J connectivity index is 2.99. The fourth-order valence-electron chi connectivity index (χ4n) is 1.75. The van der Waals surface area contributed by atoms with Gasteiger partial charge in [0.1, 0.15) is 5.75 Å². The predicted octanol–water partition coefficient (Wildman–Crippen LogP) is 2.84. The quantitative estimate of drug-likeness (QED) is 0.833. The van der Waals surface area contributed by atoms with Crippen molar-refractivity contribution >= 4 is 5.97 Å². The van der Waals surface area contributed by atoms with Gasteiger partial charge in [-0.2, -0.15) is 0 Å². The van der Waals surface area contributed by atoms with Crippen molar-refractivity contribution in [3.8, 4) is 5.75 Å². The number of hydrogen-bond donors (Lipinski definition) is 1. The first-order valence-corrected chi connectivity index (χ1v) is 5.43. The smallest absolute Gasteiger partial charge is 0.303 e. The molecule has 0 amide bonds. The van der Waals surface area contributed by atoms with Gasteiger partial charge in [0.05, 0.1) is 7.11 Å². The number of hydrogen-bond acceptors (Lipinski definition) is 2. The van der Waals surface area contributed by atoms with E-state index in [0.29, 0.717) is 12.3 Å². The van der Waals surface area contributed by atoms with E-state index in [1.807, 2.05) is 18.2 Å². The third-order valence-electron chi connectivity index (χ3n) is 2.56. The molecular formula is C13H18O3. The number of methoxy groups -OCH3 is 1. The molecular weight excluding hydrogens is 204 g/mol. The van der Waals surface area contributed by atoms with Crippen LogP contribution in [0, 0.1) is 0 Å². The molecule has 3 heteroatoms. The maximum absolute atomic E-state index is 10.6. The summed E-state index contributed by atoms with van der Waals surface area (Å²) in [4.78, 5) is 10.6. The van der Waals surface area contributed by atoms with E-state index in [-0.39, 0.29) is 6.42 Å². The van der Waals surface area contributed by atoms with Gasteiger partial charge in [0.25, 0.3) is 0 Å². The second kappa shape index (κ2) is 5.54. The van der Waals surface area contributed by atoms with Gasteiger partial charge in [-0.3, -0.25) is 4.79 Å². The number of carboxylic acids is 1. The van der Waals surface area contributed by atoms with E-state index < -0.39 is 5.97 Å². The number of ether oxygens (including phenoxy) is 1. The second-order valence-electron chi connectivity index (χ2n) is 4.09. The van der Waals surface area contributed by atoms with Crippen LogP contribution in [0.1, 0.15) is 37.3 Å². The van der Waals surface area contributed by atoms with Gasteiger partial charge >= 0.3 is 5.97 Å². The van der Waals surface area contributed by atoms with Crippen LogP contribution in [0.2, 0.25) is 0 Å². The van der Waals surface area contributed by atoms with Crippen LogP contribution in [-0.2, 0) is 11.2 Å². The van der Waals surface area contributed by atoms with Crippen molar-refractivity contribution in [2.75, 3.05) is 7.11 Å². The molecule has 0 fully saturated rings. The van der Waals surface area contributed by atoms with Gasteiger partial charge < -0.3 is 9.84 Å². The first-order chi connectivity index (χ1) is 7.56. The van der Waals surface area contributed by atoms with E-state index in [2.05, 4.69) is 13.8 Å². The van der Waals surface area contributed by atoms with Crippen LogP contribution < -0.4 is 4.74 Å². The first-order valence-electron chi connectivity index (χ1n) is 5.43. The monoisotopic (exact) mass is 222 g/mol. The second-order valence-corrected chi connectivity index (χ2v) is 4.09. The highest BCUT2D eigenvalue weighted by Gasteiger charge is 2.12. The molecule has 0 heterocycles. The summed E-state index contributed by atoms with van der Waals surface area (Å²) < 4.78 is 5.38. The number of aliphatic carboxylic acids is 1. The van der Waals surface area contributed by atoms with E-state index in [1.54, 1.807) is 7.11 Å². The van der Waals surface area contributed by atoms with Gasteiger partial charge in [-0.05, 0) is 23.5 Å². The Morgan fingerprint density at radius 1 is 1.44 bits per heavy atom. The van der Waals surface area contributed by atoms with Crippen molar-refractivity contribution < 1.29 is 14.6 Å². The Morgan fingerprint density at radius 3 is 2.62 bits per heavy atom. The van der Waals surface area contributed by atoms with Crippen LogP contribution >= 0.6 is 0 Å². The average Bonchev–Trinajstić information content (AvgIpc) is 2.25. The fourth-order valence-corrected chi connectivity index (χ4v) is 1.75. The lowest BCUT2D eigenvalue weighted by molar-refractivity contribution is -0.136. The third kappa shape index (κ3) is 2.99. The highest BCUT2D eigenvalue weighted by Crippen LogP contribution is 2.30. The van der Waals surface area contributed by atoms with Gasteiger partial charge in [0.2, 0.25) is 0 Å². The zero-order valence-corrected chi connectivity index (χ0v) is 9.99. The lowest BCUT2D eigenvalue weighted by Gasteiger charge is -2.15. The largest absolute Gasteiger partial charge is 0.496 e. The summed E-state index contributed by atoms with van der Waals surface area (Å²) in [6.07, 6.45) is 0.650. The van der Waals surface area contributed by atoms with E-state index in [0.717, 1.165) is 16.9 Å². The van der Waals surface area contributed by atoms with E-state index >= 15 is 0 Å². The standard InChI is InChI=1S/C13H18O3/c1-9(2)11-6-4-5-10(13(11)16-3)7-8-12(14)15/h4-6,9H,7-8H2,1-3H3,(H,14,15). The number of carbonyl (C=O) groups is 1. The summed E-state index contributed by atoms with van der Waals surface area (Å²) in [5.74, 6) is 0.426. The number of para-hydroxylation sites is 1. The van der Waals surface area contributed by atoms with Crippen LogP contribution in [-0.4, -0.2) is 18.2 Å². The Kier molecular flexibility index (Phi) is 4.35. The molecule has 0 saturated heterocycles. The van der Waals surface area contributed by atoms with Crippen LogP contribution in [0.5, 0.6) is 5.75 Å². The van der Waals surface area contributed by atoms with Gasteiger partial charge in [0, 0.05) is 6.42 Å². The third-order valence-corrected chi connectivity index (χ3v) is 2.56. The summed E-state index contributed by atoms with van der Waals surface area (Å²) in [5.41, 5.74) is 2.10. The maximum Gasteiger partial charge on any atom is 0.303 e. The predicted molar refractivity (Wildman–Crippen MR) is 63.0 cm³/mol. The van der Waals surface area contributed by atoms with Crippen molar-refractivity contribution in [3.05, 3.63) is 29.3 Å². The van der Waals surface area contributed by atoms with Crippen molar-refractivity contribution in [2.45, 2.75) is 32.6 Å².